The van der Waals surface area contributed by atoms with Crippen LogP contribution in [0.25, 0.3) is 0 Å². The van der Waals surface area contributed by atoms with E-state index < -0.39 is 0 Å². The molecule has 0 bridgehead atoms. The second kappa shape index (κ2) is 4.63. The van der Waals surface area contributed by atoms with Crippen molar-refractivity contribution in [1.29, 1.82) is 0 Å². The van der Waals surface area contributed by atoms with Crippen molar-refractivity contribution in [1.82, 2.24) is 5.32 Å². The maximum Gasteiger partial charge on any atom is 0.246 e. The second-order valence-electron chi connectivity index (χ2n) is 3.77. The summed E-state index contributed by atoms with van der Waals surface area (Å²) in [6.07, 6.45) is 0. The fourth-order valence-corrected chi connectivity index (χ4v) is 1.99. The minimum Gasteiger partial charge on any atom is -0.493 e. The Bertz CT molecular complexity index is 446. The molecule has 1 heterocycles. The molecular formula is C12H16N2O3. The number of carbonyl (C=O) groups excluding carboxylic acids is 1. The van der Waals surface area contributed by atoms with Crippen LogP contribution in [0.1, 0.15) is 18.5 Å². The van der Waals surface area contributed by atoms with Crippen LogP contribution in [-0.2, 0) is 4.79 Å². The molecule has 1 unspecified atom stereocenters. The predicted molar refractivity (Wildman–Crippen MR) is 64.6 cm³/mol. The fourth-order valence-electron chi connectivity index (χ4n) is 1.99. The largest absolute Gasteiger partial charge is 0.493 e. The van der Waals surface area contributed by atoms with Crippen LogP contribution in [0.3, 0.4) is 0 Å². The van der Waals surface area contributed by atoms with E-state index in [0.29, 0.717) is 11.5 Å². The highest BCUT2D eigenvalue weighted by atomic mass is 16.5. The van der Waals surface area contributed by atoms with Crippen molar-refractivity contribution in [2.75, 3.05) is 26.1 Å². The molecule has 5 nitrogen and oxygen atoms in total. The third-order valence-corrected chi connectivity index (χ3v) is 2.80. The third-order valence-electron chi connectivity index (χ3n) is 2.80. The summed E-state index contributed by atoms with van der Waals surface area (Å²) in [5, 5.41) is 5.95. The summed E-state index contributed by atoms with van der Waals surface area (Å²) in [6.45, 7) is 2.69. The first-order valence-electron chi connectivity index (χ1n) is 5.51. The van der Waals surface area contributed by atoms with Gasteiger partial charge in [0.05, 0.1) is 19.9 Å². The topological polar surface area (TPSA) is 59.6 Å². The van der Waals surface area contributed by atoms with Crippen molar-refractivity contribution in [3.63, 3.8) is 0 Å². The van der Waals surface area contributed by atoms with Gasteiger partial charge in [-0.3, -0.25) is 4.79 Å². The number of fused-ring (bicyclic) bond motifs is 1. The lowest BCUT2D eigenvalue weighted by Gasteiger charge is -2.12. The molecule has 17 heavy (non-hydrogen) atoms. The molecule has 92 valence electrons. The lowest BCUT2D eigenvalue weighted by atomic mass is 10.1. The minimum atomic E-state index is -0.310. The van der Waals surface area contributed by atoms with Crippen LogP contribution in [0.15, 0.2) is 12.1 Å². The third kappa shape index (κ3) is 1.93. The molecule has 0 spiro atoms. The average molecular weight is 236 g/mol. The molecule has 1 aromatic carbocycles. The summed E-state index contributed by atoms with van der Waals surface area (Å²) in [4.78, 5) is 11.8. The molecular weight excluding hydrogens is 220 g/mol. The van der Waals surface area contributed by atoms with Crippen molar-refractivity contribution in [2.45, 2.75) is 13.0 Å². The van der Waals surface area contributed by atoms with Crippen molar-refractivity contribution < 1.29 is 14.3 Å². The van der Waals surface area contributed by atoms with Gasteiger partial charge in [-0.05, 0) is 12.6 Å². The lowest BCUT2D eigenvalue weighted by Crippen LogP contribution is -2.27. The van der Waals surface area contributed by atoms with E-state index in [-0.39, 0.29) is 11.9 Å². The van der Waals surface area contributed by atoms with E-state index in [1.54, 1.807) is 20.3 Å². The van der Waals surface area contributed by atoms with Crippen LogP contribution in [-0.4, -0.2) is 26.7 Å². The number of amides is 1. The van der Waals surface area contributed by atoms with Gasteiger partial charge in [-0.2, -0.15) is 0 Å². The molecule has 0 aromatic heterocycles. The molecule has 1 aromatic rings. The summed E-state index contributed by atoms with van der Waals surface area (Å²) in [7, 11) is 3.15. The van der Waals surface area contributed by atoms with Crippen LogP contribution >= 0.6 is 0 Å². The zero-order valence-electron chi connectivity index (χ0n) is 10.2. The number of carbonyl (C=O) groups is 1. The van der Waals surface area contributed by atoms with E-state index in [0.717, 1.165) is 17.8 Å². The molecule has 0 aliphatic carbocycles. The number of rotatable bonds is 4. The van der Waals surface area contributed by atoms with Crippen LogP contribution < -0.4 is 20.1 Å². The van der Waals surface area contributed by atoms with Crippen LogP contribution in [0, 0.1) is 0 Å². The molecule has 0 saturated carbocycles. The van der Waals surface area contributed by atoms with Gasteiger partial charge in [0.25, 0.3) is 0 Å². The van der Waals surface area contributed by atoms with E-state index in [4.69, 9.17) is 9.47 Å². The molecule has 5 heteroatoms. The number of likely N-dealkylation sites (N-methyl/N-ethyl adjacent to an activating group) is 1. The summed E-state index contributed by atoms with van der Waals surface area (Å²) < 4.78 is 10.4. The maximum atomic E-state index is 11.8. The zero-order valence-corrected chi connectivity index (χ0v) is 10.2. The number of hydrogen-bond acceptors (Lipinski definition) is 4. The Morgan fingerprint density at radius 3 is 2.53 bits per heavy atom. The zero-order chi connectivity index (χ0) is 12.4. The average Bonchev–Trinajstić information content (AvgIpc) is 2.64. The maximum absolute atomic E-state index is 11.8. The molecule has 0 saturated heterocycles. The van der Waals surface area contributed by atoms with Crippen molar-refractivity contribution in [3.8, 4) is 11.5 Å². The van der Waals surface area contributed by atoms with E-state index in [1.165, 1.54) is 0 Å². The summed E-state index contributed by atoms with van der Waals surface area (Å²) >= 11 is 0. The van der Waals surface area contributed by atoms with Gasteiger partial charge in [-0.15, -0.1) is 0 Å². The number of ether oxygens (including phenoxy) is 2. The summed E-state index contributed by atoms with van der Waals surface area (Å²) in [6, 6.07) is 3.30. The van der Waals surface area contributed by atoms with Gasteiger partial charge in [0.1, 0.15) is 6.04 Å². The smallest absolute Gasteiger partial charge is 0.246 e. The van der Waals surface area contributed by atoms with E-state index in [9.17, 15) is 4.79 Å². The van der Waals surface area contributed by atoms with Gasteiger partial charge >= 0.3 is 0 Å². The number of methoxy groups -OCH3 is 2. The second-order valence-corrected chi connectivity index (χ2v) is 3.77. The summed E-state index contributed by atoms with van der Waals surface area (Å²) in [5.41, 5.74) is 1.67. The Balaban J connectivity index is 2.44. The van der Waals surface area contributed by atoms with Gasteiger partial charge in [-0.25, -0.2) is 0 Å². The Labute approximate surface area is 100 Å². The Hall–Kier alpha value is -1.75. The quantitative estimate of drug-likeness (QED) is 0.827. The number of nitrogens with one attached hydrogen (secondary N) is 2. The molecule has 0 fully saturated rings. The molecule has 2 N–H and O–H groups in total. The SMILES string of the molecule is CCNC1C(=O)Nc2cc(OC)c(OC)cc21. The minimum absolute atomic E-state index is 0.0443. The van der Waals surface area contributed by atoms with Crippen molar-refractivity contribution >= 4 is 11.6 Å². The van der Waals surface area contributed by atoms with Gasteiger partial charge in [-0.1, -0.05) is 6.92 Å². The Morgan fingerprint density at radius 2 is 1.94 bits per heavy atom. The Kier molecular flexibility index (Phi) is 3.19. The number of anilines is 1. The van der Waals surface area contributed by atoms with E-state index >= 15 is 0 Å². The highest BCUT2D eigenvalue weighted by Crippen LogP contribution is 2.39. The van der Waals surface area contributed by atoms with Crippen LogP contribution in [0.2, 0.25) is 0 Å². The van der Waals surface area contributed by atoms with E-state index in [2.05, 4.69) is 10.6 Å². The monoisotopic (exact) mass is 236 g/mol. The van der Waals surface area contributed by atoms with E-state index in [1.807, 2.05) is 13.0 Å². The highest BCUT2D eigenvalue weighted by Gasteiger charge is 2.31. The molecule has 1 aliphatic rings. The molecule has 1 aliphatic heterocycles. The van der Waals surface area contributed by atoms with Gasteiger partial charge in [0, 0.05) is 11.6 Å². The molecule has 1 amide bonds. The highest BCUT2D eigenvalue weighted by molar-refractivity contribution is 6.03. The first kappa shape index (κ1) is 11.7. The summed E-state index contributed by atoms with van der Waals surface area (Å²) in [5.74, 6) is 1.20. The van der Waals surface area contributed by atoms with Crippen LogP contribution in [0.4, 0.5) is 5.69 Å². The predicted octanol–water partition coefficient (Wildman–Crippen LogP) is 1.31. The normalized spacial score (nSPS) is 17.6. The lowest BCUT2D eigenvalue weighted by molar-refractivity contribution is -0.117. The van der Waals surface area contributed by atoms with Gasteiger partial charge in [0.2, 0.25) is 5.91 Å². The fraction of sp³-hybridized carbons (Fsp3) is 0.417. The Morgan fingerprint density at radius 1 is 1.29 bits per heavy atom. The van der Waals surface area contributed by atoms with Crippen molar-refractivity contribution in [3.05, 3.63) is 17.7 Å². The molecule has 0 radical (unpaired) electrons. The molecule has 1 atom stereocenters. The van der Waals surface area contributed by atoms with Gasteiger partial charge < -0.3 is 20.1 Å². The van der Waals surface area contributed by atoms with Gasteiger partial charge in [0.15, 0.2) is 11.5 Å². The first-order chi connectivity index (χ1) is 8.21. The van der Waals surface area contributed by atoms with Crippen LogP contribution in [0.5, 0.6) is 11.5 Å². The first-order valence-corrected chi connectivity index (χ1v) is 5.51. The van der Waals surface area contributed by atoms with Crippen molar-refractivity contribution in [2.24, 2.45) is 0 Å². The standard InChI is InChI=1S/C12H16N2O3/c1-4-13-11-7-5-9(16-2)10(17-3)6-8(7)14-12(11)15/h5-6,11,13H,4H2,1-3H3,(H,14,15). The molecule has 2 rings (SSSR count). The number of hydrogen-bond donors (Lipinski definition) is 2. The number of benzene rings is 1.